The van der Waals surface area contributed by atoms with E-state index in [0.29, 0.717) is 17.1 Å². The van der Waals surface area contributed by atoms with E-state index in [1.165, 1.54) is 0 Å². The van der Waals surface area contributed by atoms with Crippen molar-refractivity contribution in [3.63, 3.8) is 0 Å². The third kappa shape index (κ3) is 4.27. The highest BCUT2D eigenvalue weighted by molar-refractivity contribution is 6.16. The van der Waals surface area contributed by atoms with Gasteiger partial charge in [-0.2, -0.15) is 5.10 Å². The smallest absolute Gasteiger partial charge is 0.339 e. The Morgan fingerprint density at radius 3 is 2.27 bits per heavy atom. The zero-order valence-electron chi connectivity index (χ0n) is 14.4. The number of hydrazone groups is 1. The zero-order chi connectivity index (χ0) is 18.4. The predicted octanol–water partition coefficient (Wildman–Crippen LogP) is 4.15. The molecule has 5 nitrogen and oxygen atoms in total. The number of anilines is 2. The van der Waals surface area contributed by atoms with Gasteiger partial charge in [0.2, 0.25) is 0 Å². The molecule has 0 saturated heterocycles. The number of benzene rings is 3. The van der Waals surface area contributed by atoms with Crippen molar-refractivity contribution in [2.45, 2.75) is 6.92 Å². The topological polar surface area (TPSA) is 79.5 Å². The number of carbonyl (C=O) groups excluding carboxylic acids is 1. The van der Waals surface area contributed by atoms with Gasteiger partial charge in [0.1, 0.15) is 0 Å². The summed E-state index contributed by atoms with van der Waals surface area (Å²) < 4.78 is 0. The second-order valence-electron chi connectivity index (χ2n) is 5.85. The molecule has 5 heteroatoms. The van der Waals surface area contributed by atoms with Crippen LogP contribution >= 0.6 is 0 Å². The summed E-state index contributed by atoms with van der Waals surface area (Å²) in [4.78, 5) is 12.2. The third-order valence-corrected chi connectivity index (χ3v) is 3.81. The average molecular weight is 344 g/mol. The van der Waals surface area contributed by atoms with Crippen molar-refractivity contribution in [3.05, 3.63) is 95.6 Å². The molecule has 0 atom stereocenters. The first-order valence-corrected chi connectivity index (χ1v) is 8.25. The van der Waals surface area contributed by atoms with E-state index in [0.717, 1.165) is 16.7 Å². The van der Waals surface area contributed by atoms with Crippen molar-refractivity contribution in [1.29, 1.82) is 0 Å². The summed E-state index contributed by atoms with van der Waals surface area (Å²) in [5.74, 6) is 0. The molecule has 0 fully saturated rings. The fraction of sp³-hybridized carbons (Fsp3) is 0.0476. The van der Waals surface area contributed by atoms with Gasteiger partial charge in [-0.3, -0.25) is 0 Å². The number of rotatable bonds is 4. The fourth-order valence-corrected chi connectivity index (χ4v) is 2.54. The van der Waals surface area contributed by atoms with Crippen molar-refractivity contribution in [3.8, 4) is 0 Å². The van der Waals surface area contributed by atoms with Gasteiger partial charge in [-0.1, -0.05) is 60.2 Å². The van der Waals surface area contributed by atoms with Crippen molar-refractivity contribution in [2.75, 3.05) is 11.1 Å². The Hall–Kier alpha value is -3.60. The van der Waals surface area contributed by atoms with E-state index < -0.39 is 6.03 Å². The van der Waals surface area contributed by atoms with E-state index in [4.69, 9.17) is 5.73 Å². The summed E-state index contributed by atoms with van der Waals surface area (Å²) in [6.07, 6.45) is 0. The number of nitrogens with zero attached hydrogens (tertiary/aromatic N) is 1. The molecule has 0 aromatic heterocycles. The fourth-order valence-electron chi connectivity index (χ4n) is 2.54. The molecule has 3 aromatic rings. The minimum atomic E-state index is -0.421. The van der Waals surface area contributed by atoms with Crippen LogP contribution in [0.5, 0.6) is 0 Å². The number of urea groups is 1. The van der Waals surface area contributed by atoms with Gasteiger partial charge in [0, 0.05) is 22.5 Å². The summed E-state index contributed by atoms with van der Waals surface area (Å²) in [7, 11) is 0. The molecule has 130 valence electrons. The Bertz CT molecular complexity index is 921. The molecule has 0 radical (unpaired) electrons. The van der Waals surface area contributed by atoms with Crippen LogP contribution in [0.4, 0.5) is 16.2 Å². The predicted molar refractivity (Wildman–Crippen MR) is 106 cm³/mol. The second-order valence-corrected chi connectivity index (χ2v) is 5.85. The maximum atomic E-state index is 12.2. The van der Waals surface area contributed by atoms with E-state index in [-0.39, 0.29) is 0 Å². The molecule has 26 heavy (non-hydrogen) atoms. The van der Waals surface area contributed by atoms with Crippen LogP contribution in [0.1, 0.15) is 16.7 Å². The van der Waals surface area contributed by atoms with Gasteiger partial charge in [-0.25, -0.2) is 10.2 Å². The molecule has 0 aliphatic heterocycles. The number of nitrogens with one attached hydrogen (secondary N) is 2. The monoisotopic (exact) mass is 344 g/mol. The summed E-state index contributed by atoms with van der Waals surface area (Å²) >= 11 is 0. The van der Waals surface area contributed by atoms with Gasteiger partial charge < -0.3 is 11.1 Å². The lowest BCUT2D eigenvalue weighted by Crippen LogP contribution is -2.26. The molecule has 4 N–H and O–H groups in total. The Morgan fingerprint density at radius 1 is 0.923 bits per heavy atom. The average Bonchev–Trinajstić information content (AvgIpc) is 2.66. The van der Waals surface area contributed by atoms with E-state index in [1.807, 2.05) is 73.7 Å². The van der Waals surface area contributed by atoms with Gasteiger partial charge in [0.25, 0.3) is 0 Å². The van der Waals surface area contributed by atoms with Crippen LogP contribution in [0.25, 0.3) is 0 Å². The number of nitrogens with two attached hydrogens (primary N) is 1. The number of aryl methyl sites for hydroxylation is 1. The quantitative estimate of drug-likeness (QED) is 0.377. The van der Waals surface area contributed by atoms with Crippen LogP contribution in [0, 0.1) is 6.92 Å². The molecule has 0 aliphatic carbocycles. The van der Waals surface area contributed by atoms with Crippen molar-refractivity contribution >= 4 is 23.1 Å². The van der Waals surface area contributed by atoms with Crippen LogP contribution < -0.4 is 16.5 Å². The highest BCUT2D eigenvalue weighted by Crippen LogP contribution is 2.19. The van der Waals surface area contributed by atoms with Crippen molar-refractivity contribution < 1.29 is 4.79 Å². The lowest BCUT2D eigenvalue weighted by atomic mass is 9.99. The van der Waals surface area contributed by atoms with Crippen LogP contribution in [0.3, 0.4) is 0 Å². The molecule has 0 spiro atoms. The number of carbonyl (C=O) groups is 1. The van der Waals surface area contributed by atoms with Crippen molar-refractivity contribution in [2.24, 2.45) is 5.10 Å². The Kier molecular flexibility index (Phi) is 5.29. The molecule has 3 aromatic carbocycles. The summed E-state index contributed by atoms with van der Waals surface area (Å²) in [6, 6.07) is 24.1. The minimum Gasteiger partial charge on any atom is -0.398 e. The van der Waals surface area contributed by atoms with E-state index in [1.54, 1.807) is 12.1 Å². The molecule has 3 rings (SSSR count). The van der Waals surface area contributed by atoms with Gasteiger partial charge >= 0.3 is 6.03 Å². The minimum absolute atomic E-state index is 0.421. The third-order valence-electron chi connectivity index (χ3n) is 3.81. The Balaban J connectivity index is 1.89. The molecule has 0 heterocycles. The first-order chi connectivity index (χ1) is 12.6. The second kappa shape index (κ2) is 7.98. The number of hydrogen-bond acceptors (Lipinski definition) is 3. The van der Waals surface area contributed by atoms with E-state index in [9.17, 15) is 4.79 Å². The van der Waals surface area contributed by atoms with Crippen molar-refractivity contribution in [1.82, 2.24) is 5.43 Å². The van der Waals surface area contributed by atoms with Gasteiger partial charge in [0.15, 0.2) is 0 Å². The highest BCUT2D eigenvalue weighted by Gasteiger charge is 2.12. The van der Waals surface area contributed by atoms with Crippen LogP contribution in [0.15, 0.2) is 84.0 Å². The first kappa shape index (κ1) is 17.2. The summed E-state index contributed by atoms with van der Waals surface area (Å²) in [5, 5.41) is 7.07. The lowest BCUT2D eigenvalue weighted by Gasteiger charge is -2.12. The summed E-state index contributed by atoms with van der Waals surface area (Å²) in [6.45, 7) is 1.99. The van der Waals surface area contributed by atoms with E-state index in [2.05, 4.69) is 15.8 Å². The van der Waals surface area contributed by atoms with Gasteiger partial charge in [0.05, 0.1) is 5.71 Å². The Labute approximate surface area is 152 Å². The summed E-state index contributed by atoms with van der Waals surface area (Å²) in [5.41, 5.74) is 13.3. The van der Waals surface area contributed by atoms with E-state index >= 15 is 0 Å². The number of nitrogen functional groups attached to an aromatic ring is 1. The molecule has 0 bridgehead atoms. The first-order valence-electron chi connectivity index (χ1n) is 8.25. The lowest BCUT2D eigenvalue weighted by molar-refractivity contribution is 0.252. The maximum Gasteiger partial charge on any atom is 0.339 e. The van der Waals surface area contributed by atoms with Crippen LogP contribution in [-0.4, -0.2) is 11.7 Å². The number of amides is 2. The highest BCUT2D eigenvalue weighted by atomic mass is 16.2. The number of para-hydroxylation sites is 1. The molecule has 2 amide bonds. The maximum absolute atomic E-state index is 12.2. The van der Waals surface area contributed by atoms with Crippen LogP contribution in [0.2, 0.25) is 0 Å². The molecule has 0 unspecified atom stereocenters. The zero-order valence-corrected chi connectivity index (χ0v) is 14.4. The number of hydrogen-bond donors (Lipinski definition) is 3. The molecular weight excluding hydrogens is 324 g/mol. The van der Waals surface area contributed by atoms with Crippen LogP contribution in [-0.2, 0) is 0 Å². The molecule has 0 aliphatic rings. The Morgan fingerprint density at radius 2 is 1.58 bits per heavy atom. The van der Waals surface area contributed by atoms with Gasteiger partial charge in [-0.05, 0) is 31.2 Å². The molecular formula is C21H20N4O. The molecule has 0 saturated carbocycles. The van der Waals surface area contributed by atoms with Gasteiger partial charge in [-0.15, -0.1) is 0 Å². The standard InChI is InChI=1S/C21H20N4O/c1-15-12-13-19(22)18(14-15)20(16-8-4-2-5-9-16)24-25-21(26)23-17-10-6-3-7-11-17/h2-14H,22H2,1H3,(H2,23,25,26)/b24-20+. The largest absolute Gasteiger partial charge is 0.398 e. The normalized spacial score (nSPS) is 11.0. The SMILES string of the molecule is Cc1ccc(N)c(/C(=N/NC(=O)Nc2ccccc2)c2ccccc2)c1.